The third-order valence-electron chi connectivity index (χ3n) is 3.87. The number of benzene rings is 1. The van der Waals surface area contributed by atoms with Gasteiger partial charge in [0.25, 0.3) is 0 Å². The van der Waals surface area contributed by atoms with Crippen LogP contribution in [0.15, 0.2) is 12.1 Å². The SMILES string of the molecule is Cc1ccc(OCC2CC[N-]CC2)c(C)c1C.[Y+3]. The Morgan fingerprint density at radius 2 is 1.78 bits per heavy atom. The zero-order valence-corrected chi connectivity index (χ0v) is 14.5. The topological polar surface area (TPSA) is 23.3 Å². The van der Waals surface area contributed by atoms with Crippen LogP contribution < -0.4 is 4.74 Å². The summed E-state index contributed by atoms with van der Waals surface area (Å²) in [6.07, 6.45) is 2.37. The summed E-state index contributed by atoms with van der Waals surface area (Å²) in [6, 6.07) is 4.25. The summed E-state index contributed by atoms with van der Waals surface area (Å²) in [7, 11) is 0. The molecule has 3 heteroatoms. The number of piperidine rings is 1. The third kappa shape index (κ3) is 4.04. The Morgan fingerprint density at radius 1 is 1.11 bits per heavy atom. The van der Waals surface area contributed by atoms with Gasteiger partial charge in [-0.2, -0.15) is 0 Å². The van der Waals surface area contributed by atoms with Crippen LogP contribution in [0.5, 0.6) is 5.75 Å². The first-order valence-electron chi connectivity index (χ1n) is 6.51. The first kappa shape index (κ1) is 16.1. The minimum Gasteiger partial charge on any atom is -0.662 e. The number of aryl methyl sites for hydroxylation is 1. The van der Waals surface area contributed by atoms with E-state index in [-0.39, 0.29) is 32.7 Å². The van der Waals surface area contributed by atoms with Crippen molar-refractivity contribution in [2.75, 3.05) is 19.7 Å². The molecule has 1 aromatic carbocycles. The Labute approximate surface area is 136 Å². The molecule has 1 fully saturated rings. The fourth-order valence-electron chi connectivity index (χ4n) is 2.27. The minimum absolute atomic E-state index is 0. The van der Waals surface area contributed by atoms with Crippen LogP contribution in [0.2, 0.25) is 0 Å². The van der Waals surface area contributed by atoms with Crippen LogP contribution >= 0.6 is 0 Å². The van der Waals surface area contributed by atoms with Crippen LogP contribution in [0.25, 0.3) is 5.32 Å². The third-order valence-corrected chi connectivity index (χ3v) is 3.87. The Balaban J connectivity index is 0.00000162. The van der Waals surface area contributed by atoms with Gasteiger partial charge in [0.2, 0.25) is 0 Å². The standard InChI is InChI=1S/C15H22NO.Y/c1-11-4-5-15(13(3)12(11)2)17-10-14-6-8-16-9-7-14;/h4-5,14H,6-10H2,1-3H3;/q-1;+3. The van der Waals surface area contributed by atoms with Crippen molar-refractivity contribution in [3.05, 3.63) is 34.1 Å². The van der Waals surface area contributed by atoms with Crippen LogP contribution in [-0.2, 0) is 32.7 Å². The largest absolute Gasteiger partial charge is 3.00 e. The van der Waals surface area contributed by atoms with Gasteiger partial charge in [0.1, 0.15) is 5.75 Å². The minimum atomic E-state index is 0. The maximum absolute atomic E-state index is 5.97. The van der Waals surface area contributed by atoms with Crippen molar-refractivity contribution in [1.82, 2.24) is 0 Å². The van der Waals surface area contributed by atoms with Gasteiger partial charge in [0, 0.05) is 0 Å². The quantitative estimate of drug-likeness (QED) is 0.831. The van der Waals surface area contributed by atoms with Gasteiger partial charge in [0.15, 0.2) is 0 Å². The van der Waals surface area contributed by atoms with E-state index in [2.05, 4.69) is 38.2 Å². The fourth-order valence-corrected chi connectivity index (χ4v) is 2.27. The van der Waals surface area contributed by atoms with E-state index in [9.17, 15) is 0 Å². The van der Waals surface area contributed by atoms with Crippen molar-refractivity contribution in [3.8, 4) is 5.75 Å². The van der Waals surface area contributed by atoms with Crippen molar-refractivity contribution in [2.45, 2.75) is 33.6 Å². The number of hydrogen-bond donors (Lipinski definition) is 0. The van der Waals surface area contributed by atoms with Crippen molar-refractivity contribution >= 4 is 0 Å². The van der Waals surface area contributed by atoms with E-state index in [4.69, 9.17) is 4.74 Å². The van der Waals surface area contributed by atoms with Crippen molar-refractivity contribution in [3.63, 3.8) is 0 Å². The van der Waals surface area contributed by atoms with Crippen molar-refractivity contribution in [2.24, 2.45) is 5.92 Å². The molecule has 0 N–H and O–H groups in total. The van der Waals surface area contributed by atoms with E-state index in [0.717, 1.165) is 25.4 Å². The molecule has 94 valence electrons. The van der Waals surface area contributed by atoms with Crippen LogP contribution in [0.3, 0.4) is 0 Å². The Kier molecular flexibility index (Phi) is 6.83. The molecular weight excluding hydrogens is 299 g/mol. The first-order valence-corrected chi connectivity index (χ1v) is 6.51. The molecule has 0 aromatic heterocycles. The van der Waals surface area contributed by atoms with Crippen molar-refractivity contribution < 1.29 is 37.4 Å². The van der Waals surface area contributed by atoms with Crippen molar-refractivity contribution in [1.29, 1.82) is 0 Å². The van der Waals surface area contributed by atoms with Gasteiger partial charge >= 0.3 is 32.7 Å². The molecule has 0 saturated carbocycles. The van der Waals surface area contributed by atoms with E-state index < -0.39 is 0 Å². The molecule has 1 aliphatic heterocycles. The van der Waals surface area contributed by atoms with Gasteiger partial charge in [-0.25, -0.2) is 0 Å². The zero-order valence-electron chi connectivity index (χ0n) is 11.7. The Hall–Kier alpha value is 0.0839. The summed E-state index contributed by atoms with van der Waals surface area (Å²) < 4.78 is 5.97. The van der Waals surface area contributed by atoms with Gasteiger partial charge in [-0.15, -0.1) is 13.1 Å². The van der Waals surface area contributed by atoms with E-state index in [1.54, 1.807) is 0 Å². The van der Waals surface area contributed by atoms with E-state index in [1.165, 1.54) is 29.5 Å². The molecule has 1 aliphatic rings. The first-order chi connectivity index (χ1) is 8.18. The predicted octanol–water partition coefficient (Wildman–Crippen LogP) is 3.77. The molecule has 18 heavy (non-hydrogen) atoms. The molecule has 2 rings (SSSR count). The van der Waals surface area contributed by atoms with E-state index >= 15 is 0 Å². The molecule has 0 radical (unpaired) electrons. The Bertz CT molecular complexity index is 386. The summed E-state index contributed by atoms with van der Waals surface area (Å²) in [4.78, 5) is 0. The molecule has 0 aliphatic carbocycles. The molecule has 0 amide bonds. The molecule has 2 nitrogen and oxygen atoms in total. The molecule has 0 unspecified atom stereocenters. The summed E-state index contributed by atoms with van der Waals surface area (Å²) in [6.45, 7) is 9.33. The summed E-state index contributed by atoms with van der Waals surface area (Å²) in [5.41, 5.74) is 3.97. The van der Waals surface area contributed by atoms with E-state index in [0.29, 0.717) is 5.92 Å². The second-order valence-electron chi connectivity index (χ2n) is 5.06. The van der Waals surface area contributed by atoms with E-state index in [1.807, 2.05) is 0 Å². The zero-order chi connectivity index (χ0) is 12.3. The average molecular weight is 321 g/mol. The molecule has 1 saturated heterocycles. The maximum atomic E-state index is 5.97. The fraction of sp³-hybridized carbons (Fsp3) is 0.600. The molecule has 0 spiro atoms. The van der Waals surface area contributed by atoms with Gasteiger partial charge in [-0.1, -0.05) is 18.9 Å². The summed E-state index contributed by atoms with van der Waals surface area (Å²) >= 11 is 0. The average Bonchev–Trinajstić information content (AvgIpc) is 2.36. The maximum Gasteiger partial charge on any atom is 3.00 e. The smallest absolute Gasteiger partial charge is 0.662 e. The molecule has 0 bridgehead atoms. The molecular formula is C15H22NOY+2. The van der Waals surface area contributed by atoms with Gasteiger partial charge in [-0.3, -0.25) is 0 Å². The second kappa shape index (κ2) is 7.62. The van der Waals surface area contributed by atoms with Gasteiger partial charge in [0.05, 0.1) is 6.61 Å². The molecule has 1 aromatic rings. The molecule has 1 heterocycles. The second-order valence-corrected chi connectivity index (χ2v) is 5.06. The Morgan fingerprint density at radius 3 is 2.44 bits per heavy atom. The van der Waals surface area contributed by atoms with Gasteiger partial charge < -0.3 is 10.1 Å². The van der Waals surface area contributed by atoms with Crippen LogP contribution in [0, 0.1) is 26.7 Å². The predicted molar refractivity (Wildman–Crippen MR) is 72.0 cm³/mol. The summed E-state index contributed by atoms with van der Waals surface area (Å²) in [5, 5.41) is 4.37. The van der Waals surface area contributed by atoms with Crippen LogP contribution in [0.1, 0.15) is 29.5 Å². The number of nitrogens with zero attached hydrogens (tertiary/aromatic N) is 1. The monoisotopic (exact) mass is 321 g/mol. The summed E-state index contributed by atoms with van der Waals surface area (Å²) in [5.74, 6) is 1.74. The molecule has 0 atom stereocenters. The van der Waals surface area contributed by atoms with Crippen LogP contribution in [0.4, 0.5) is 0 Å². The number of hydrogen-bond acceptors (Lipinski definition) is 1. The normalized spacial score (nSPS) is 16.2. The number of rotatable bonds is 3. The number of ether oxygens (including phenoxy) is 1. The van der Waals surface area contributed by atoms with Crippen LogP contribution in [-0.4, -0.2) is 19.7 Å². The van der Waals surface area contributed by atoms with Gasteiger partial charge in [-0.05, 0) is 49.4 Å².